The molecule has 2 aromatic rings. The Balaban J connectivity index is 1.55. The normalized spacial score (nSPS) is 22.7. The minimum absolute atomic E-state index is 0.0216. The Kier molecular flexibility index (Phi) is 15.6. The summed E-state index contributed by atoms with van der Waals surface area (Å²) in [5, 5.41) is 26.6. The second kappa shape index (κ2) is 18.3. The summed E-state index contributed by atoms with van der Waals surface area (Å²) >= 11 is 1.69. The van der Waals surface area contributed by atoms with Crippen LogP contribution in [0.15, 0.2) is 12.7 Å². The van der Waals surface area contributed by atoms with Crippen molar-refractivity contribution < 1.29 is 71.0 Å². The number of thioether (sulfide) groups is 1. The number of nitrogens with two attached hydrogens (primary N) is 1. The minimum Gasteiger partial charge on any atom is -0.388 e. The number of aliphatic hydroxyl groups is 2. The van der Waals surface area contributed by atoms with Gasteiger partial charge in [-0.15, -0.1) is 0 Å². The van der Waals surface area contributed by atoms with E-state index < -0.39 is 78.3 Å². The molecule has 0 saturated heterocycles. The van der Waals surface area contributed by atoms with Crippen molar-refractivity contribution in [2.24, 2.45) is 11.3 Å². The van der Waals surface area contributed by atoms with Crippen molar-refractivity contribution in [2.45, 2.75) is 64.4 Å². The number of anilines is 1. The maximum atomic E-state index is 12.7. The average molecular weight is 808 g/mol. The first-order valence-electron chi connectivity index (χ1n) is 15.5. The zero-order chi connectivity index (χ0) is 38.2. The number of rotatable bonds is 21. The minimum atomic E-state index is -5.46. The van der Waals surface area contributed by atoms with Gasteiger partial charge in [-0.05, 0) is 18.6 Å². The Bertz CT molecular complexity index is 1650. The number of aromatic nitrogens is 4. The summed E-state index contributed by atoms with van der Waals surface area (Å²) < 4.78 is 57.1. The molecule has 7 atom stereocenters. The van der Waals surface area contributed by atoms with Gasteiger partial charge in [-0.3, -0.25) is 23.2 Å². The fraction of sp³-hybridized carbons (Fsp3) is 0.720. The molecule has 2 aromatic heterocycles. The number of carbonyl (C=O) groups is 2. The lowest BCUT2D eigenvalue weighted by Gasteiger charge is -2.30. The lowest BCUT2D eigenvalue weighted by Crippen LogP contribution is -2.46. The monoisotopic (exact) mass is 807 g/mol. The Labute approximate surface area is 296 Å². The zero-order valence-electron chi connectivity index (χ0n) is 27.9. The van der Waals surface area contributed by atoms with Crippen LogP contribution < -0.4 is 16.4 Å². The number of phosphoric ester groups is 3. The maximum absolute atomic E-state index is 12.7. The molecule has 2 heterocycles. The van der Waals surface area contributed by atoms with Gasteiger partial charge in [0.15, 0.2) is 11.5 Å². The van der Waals surface area contributed by atoms with Gasteiger partial charge in [-0.2, -0.15) is 16.1 Å². The predicted octanol–water partition coefficient (Wildman–Crippen LogP) is 0.212. The number of carbonyl (C=O) groups excluding carboxylic acids is 2. The van der Waals surface area contributed by atoms with Gasteiger partial charge in [0.2, 0.25) is 11.8 Å². The number of fused-ring (bicyclic) bond motifs is 1. The molecular formula is C25H44N7O15P3S. The zero-order valence-corrected chi connectivity index (χ0v) is 31.4. The standard InChI is InChI=1S/C25H44N7O15P3S/c1-4-8-51-9-7-27-17(33)5-6-28-24(36)21(35)25(2,3)12-45-50(42,43)47-49(40,41)44-11-15-10-16(19(34)20(15)46-48(37,38)39)32-14-31-18-22(26)29-13-30-23(18)32/h13-16,19-21,34-35H,4-12H2,1-3H3,(H,27,33)(H,28,36)(H,40,41)(H,42,43)(H2,26,29,30)(H2,37,38,39)/t15-,16-,19?,20+,21?/m1/s1. The van der Waals surface area contributed by atoms with Crippen LogP contribution >= 0.6 is 35.2 Å². The highest BCUT2D eigenvalue weighted by Crippen LogP contribution is 2.61. The molecule has 10 N–H and O–H groups in total. The maximum Gasteiger partial charge on any atom is 0.481 e. The van der Waals surface area contributed by atoms with Crippen LogP contribution in [0.5, 0.6) is 0 Å². The van der Waals surface area contributed by atoms with Gasteiger partial charge in [-0.1, -0.05) is 20.8 Å². The number of aliphatic hydroxyl groups excluding tert-OH is 2. The number of nitrogens with zero attached hydrogens (tertiary/aromatic N) is 4. The molecule has 1 fully saturated rings. The molecule has 1 saturated carbocycles. The summed E-state index contributed by atoms with van der Waals surface area (Å²) in [5.74, 6) is -0.689. The summed E-state index contributed by atoms with van der Waals surface area (Å²) in [6.07, 6.45) is -1.99. The largest absolute Gasteiger partial charge is 0.481 e. The highest BCUT2D eigenvalue weighted by Gasteiger charge is 2.49. The molecule has 0 radical (unpaired) electrons. The number of hydrogen-bond acceptors (Lipinski definition) is 16. The van der Waals surface area contributed by atoms with Crippen molar-refractivity contribution >= 4 is 64.0 Å². The molecule has 3 rings (SSSR count). The second-order valence-corrected chi connectivity index (χ2v) is 17.6. The third-order valence-electron chi connectivity index (χ3n) is 7.56. The number of hydrogen-bond donors (Lipinski definition) is 9. The van der Waals surface area contributed by atoms with E-state index in [1.165, 1.54) is 24.7 Å². The van der Waals surface area contributed by atoms with E-state index in [-0.39, 0.29) is 42.3 Å². The van der Waals surface area contributed by atoms with Crippen LogP contribution in [-0.2, 0) is 41.2 Å². The van der Waals surface area contributed by atoms with Crippen LogP contribution in [0.4, 0.5) is 5.82 Å². The van der Waals surface area contributed by atoms with E-state index in [1.807, 2.05) is 6.92 Å². The van der Waals surface area contributed by atoms with Gasteiger partial charge in [0, 0.05) is 36.6 Å². The number of nitrogen functional groups attached to an aromatic ring is 1. The van der Waals surface area contributed by atoms with Crippen LogP contribution in [0.3, 0.4) is 0 Å². The molecule has 26 heteroatoms. The molecule has 4 unspecified atom stereocenters. The van der Waals surface area contributed by atoms with E-state index in [0.29, 0.717) is 6.54 Å². The molecule has 2 amide bonds. The molecule has 1 aliphatic rings. The topological polar surface area (TPSA) is 337 Å². The number of amides is 2. The summed E-state index contributed by atoms with van der Waals surface area (Å²) in [6.45, 7) is 3.27. The van der Waals surface area contributed by atoms with Crippen LogP contribution in [0.1, 0.15) is 46.1 Å². The van der Waals surface area contributed by atoms with Crippen molar-refractivity contribution in [3.8, 4) is 0 Å². The van der Waals surface area contributed by atoms with Crippen molar-refractivity contribution in [2.75, 3.05) is 43.5 Å². The lowest BCUT2D eigenvalue weighted by atomic mass is 9.87. The Morgan fingerprint density at radius 2 is 1.76 bits per heavy atom. The highest BCUT2D eigenvalue weighted by molar-refractivity contribution is 7.99. The predicted molar refractivity (Wildman–Crippen MR) is 180 cm³/mol. The van der Waals surface area contributed by atoms with Gasteiger partial charge >= 0.3 is 23.5 Å². The van der Waals surface area contributed by atoms with E-state index >= 15 is 0 Å². The van der Waals surface area contributed by atoms with Gasteiger partial charge in [0.1, 0.15) is 30.2 Å². The van der Waals surface area contributed by atoms with Crippen LogP contribution in [0.2, 0.25) is 0 Å². The first kappa shape index (κ1) is 43.3. The summed E-state index contributed by atoms with van der Waals surface area (Å²) in [6, 6.07) is -1.01. The van der Waals surface area contributed by atoms with Crippen molar-refractivity contribution in [3.63, 3.8) is 0 Å². The van der Waals surface area contributed by atoms with E-state index in [1.54, 1.807) is 11.8 Å². The SMILES string of the molecule is CCCSCCNC(=O)CCNC(=O)C(O)C(C)(C)COP(=O)(O)OP(=O)(O)OC[C@H]1C[C@@H](n2cnc3c(N)ncnc32)C(O)[C@H]1OP(=O)(O)O. The third-order valence-corrected chi connectivity index (χ3v) is 11.8. The van der Waals surface area contributed by atoms with Crippen molar-refractivity contribution in [1.82, 2.24) is 30.2 Å². The molecule has 0 spiro atoms. The first-order valence-corrected chi connectivity index (χ1v) is 21.1. The van der Waals surface area contributed by atoms with E-state index in [4.69, 9.17) is 19.3 Å². The molecule has 0 aromatic carbocycles. The van der Waals surface area contributed by atoms with Gasteiger partial charge in [0.25, 0.3) is 0 Å². The van der Waals surface area contributed by atoms with Crippen LogP contribution in [0, 0.1) is 11.3 Å². The highest BCUT2D eigenvalue weighted by atomic mass is 32.2. The molecule has 290 valence electrons. The van der Waals surface area contributed by atoms with Gasteiger partial charge in [0.05, 0.1) is 25.6 Å². The van der Waals surface area contributed by atoms with E-state index in [9.17, 15) is 53.1 Å². The van der Waals surface area contributed by atoms with Gasteiger partial charge < -0.3 is 50.7 Å². The fourth-order valence-electron chi connectivity index (χ4n) is 4.98. The Morgan fingerprint density at radius 3 is 2.43 bits per heavy atom. The van der Waals surface area contributed by atoms with Crippen molar-refractivity contribution in [1.29, 1.82) is 0 Å². The number of phosphoric acid groups is 3. The fourth-order valence-corrected chi connectivity index (χ4v) is 8.63. The van der Waals surface area contributed by atoms with E-state index in [2.05, 4.69) is 29.9 Å². The molecule has 51 heavy (non-hydrogen) atoms. The third kappa shape index (κ3) is 13.1. The van der Waals surface area contributed by atoms with Crippen LogP contribution in [0.25, 0.3) is 11.2 Å². The summed E-state index contributed by atoms with van der Waals surface area (Å²) in [4.78, 5) is 75.6. The second-order valence-electron chi connectivity index (χ2n) is 12.2. The molecular weight excluding hydrogens is 763 g/mol. The summed E-state index contributed by atoms with van der Waals surface area (Å²) in [5.41, 5.74) is 4.59. The first-order chi connectivity index (χ1) is 23.7. The molecule has 0 aliphatic heterocycles. The average Bonchev–Trinajstić information content (AvgIpc) is 3.58. The van der Waals surface area contributed by atoms with Crippen LogP contribution in [-0.4, -0.2) is 117 Å². The van der Waals surface area contributed by atoms with Gasteiger partial charge in [-0.25, -0.2) is 28.6 Å². The lowest BCUT2D eigenvalue weighted by molar-refractivity contribution is -0.137. The van der Waals surface area contributed by atoms with Crippen molar-refractivity contribution in [3.05, 3.63) is 12.7 Å². The smallest absolute Gasteiger partial charge is 0.388 e. The molecule has 1 aliphatic carbocycles. The van der Waals surface area contributed by atoms with E-state index in [0.717, 1.165) is 24.3 Å². The molecule has 0 bridgehead atoms. The quantitative estimate of drug-likeness (QED) is 0.0601. The molecule has 22 nitrogen and oxygen atoms in total. The number of nitrogens with one attached hydrogen (secondary N) is 2. The number of imidazole rings is 1. The Hall–Kier alpha value is -2.07. The summed E-state index contributed by atoms with van der Waals surface area (Å²) in [7, 11) is -16.1. The Morgan fingerprint density at radius 1 is 1.08 bits per heavy atom.